The van der Waals surface area contributed by atoms with Crippen LogP contribution in [0.3, 0.4) is 0 Å². The van der Waals surface area contributed by atoms with Crippen molar-refractivity contribution in [2.45, 2.75) is 17.9 Å². The normalized spacial score (nSPS) is 13.2. The Labute approximate surface area is 106 Å². The fraction of sp³-hybridized carbons (Fsp3) is 0.364. The van der Waals surface area contributed by atoms with Gasteiger partial charge in [0, 0.05) is 18.7 Å². The zero-order valence-electron chi connectivity index (χ0n) is 10.2. The van der Waals surface area contributed by atoms with Crippen molar-refractivity contribution in [3.05, 3.63) is 29.8 Å². The summed E-state index contributed by atoms with van der Waals surface area (Å²) in [6, 6.07) is 5.08. The Kier molecular flexibility index (Phi) is 4.83. The summed E-state index contributed by atoms with van der Waals surface area (Å²) in [5.41, 5.74) is 5.34. The van der Waals surface area contributed by atoms with Crippen molar-refractivity contribution in [2.75, 3.05) is 13.7 Å². The molecule has 100 valence electrons. The molecule has 1 aromatic rings. The van der Waals surface area contributed by atoms with Crippen LogP contribution in [0.2, 0.25) is 0 Å². The third-order valence-corrected chi connectivity index (χ3v) is 3.83. The average Bonchev–Trinajstić information content (AvgIpc) is 2.28. The SMILES string of the molecule is COC[C@H](C)NS(=O)(=O)c1ccc(C(N)=O)cc1. The summed E-state index contributed by atoms with van der Waals surface area (Å²) in [5, 5.41) is 0. The maximum Gasteiger partial charge on any atom is 0.248 e. The van der Waals surface area contributed by atoms with Gasteiger partial charge in [-0.1, -0.05) is 0 Å². The number of carbonyl (C=O) groups excluding carboxylic acids is 1. The van der Waals surface area contributed by atoms with Gasteiger partial charge in [0.25, 0.3) is 0 Å². The lowest BCUT2D eigenvalue weighted by Gasteiger charge is -2.13. The largest absolute Gasteiger partial charge is 0.383 e. The van der Waals surface area contributed by atoms with Crippen molar-refractivity contribution in [2.24, 2.45) is 5.73 Å². The molecule has 6 nitrogen and oxygen atoms in total. The van der Waals surface area contributed by atoms with Crippen molar-refractivity contribution in [1.29, 1.82) is 0 Å². The third-order valence-electron chi connectivity index (χ3n) is 2.22. The van der Waals surface area contributed by atoms with Gasteiger partial charge in [-0.2, -0.15) is 0 Å². The number of benzene rings is 1. The average molecular weight is 272 g/mol. The molecule has 0 radical (unpaired) electrons. The molecule has 0 spiro atoms. The first kappa shape index (κ1) is 14.6. The number of methoxy groups -OCH3 is 1. The van der Waals surface area contributed by atoms with Gasteiger partial charge >= 0.3 is 0 Å². The fourth-order valence-corrected chi connectivity index (χ4v) is 2.64. The minimum absolute atomic E-state index is 0.0791. The number of hydrogen-bond acceptors (Lipinski definition) is 4. The standard InChI is InChI=1S/C11H16N2O4S/c1-8(7-17-2)13-18(15,16)10-5-3-9(4-6-10)11(12)14/h3-6,8,13H,7H2,1-2H3,(H2,12,14)/t8-/m0/s1. The van der Waals surface area contributed by atoms with Crippen molar-refractivity contribution in [1.82, 2.24) is 4.72 Å². The second-order valence-electron chi connectivity index (χ2n) is 3.87. The quantitative estimate of drug-likeness (QED) is 0.767. The molecular weight excluding hydrogens is 256 g/mol. The summed E-state index contributed by atoms with van der Waals surface area (Å²) in [7, 11) is -2.11. The number of sulfonamides is 1. The molecule has 18 heavy (non-hydrogen) atoms. The summed E-state index contributed by atoms with van der Waals surface area (Å²) in [5.74, 6) is -0.598. The molecule has 0 bridgehead atoms. The van der Waals surface area contributed by atoms with Crippen LogP contribution in [-0.4, -0.2) is 34.1 Å². The van der Waals surface area contributed by atoms with Crippen LogP contribution in [0.5, 0.6) is 0 Å². The van der Waals surface area contributed by atoms with E-state index in [4.69, 9.17) is 10.5 Å². The summed E-state index contributed by atoms with van der Waals surface area (Å²) >= 11 is 0. The summed E-state index contributed by atoms with van der Waals surface area (Å²) in [4.78, 5) is 10.9. The smallest absolute Gasteiger partial charge is 0.248 e. The van der Waals surface area contributed by atoms with Crippen LogP contribution in [0.15, 0.2) is 29.2 Å². The number of carbonyl (C=O) groups is 1. The number of ether oxygens (including phenoxy) is 1. The highest BCUT2D eigenvalue weighted by molar-refractivity contribution is 7.89. The zero-order chi connectivity index (χ0) is 13.8. The molecule has 0 aromatic heterocycles. The van der Waals surface area contributed by atoms with E-state index >= 15 is 0 Å². The van der Waals surface area contributed by atoms with Crippen molar-refractivity contribution in [3.63, 3.8) is 0 Å². The topological polar surface area (TPSA) is 98.5 Å². The minimum Gasteiger partial charge on any atom is -0.383 e. The molecule has 3 N–H and O–H groups in total. The zero-order valence-corrected chi connectivity index (χ0v) is 11.0. The first-order valence-electron chi connectivity index (χ1n) is 5.28. The van der Waals surface area contributed by atoms with E-state index in [1.807, 2.05) is 0 Å². The van der Waals surface area contributed by atoms with E-state index in [1.165, 1.54) is 31.4 Å². The number of hydrogen-bond donors (Lipinski definition) is 2. The summed E-state index contributed by atoms with van der Waals surface area (Å²) in [6.45, 7) is 1.97. The van der Waals surface area contributed by atoms with E-state index in [2.05, 4.69) is 4.72 Å². The van der Waals surface area contributed by atoms with Gasteiger partial charge in [-0.3, -0.25) is 4.79 Å². The molecule has 0 unspecified atom stereocenters. The van der Waals surface area contributed by atoms with Gasteiger partial charge in [0.2, 0.25) is 15.9 Å². The minimum atomic E-state index is -3.61. The van der Waals surface area contributed by atoms with Gasteiger partial charge in [0.1, 0.15) is 0 Å². The number of amides is 1. The third kappa shape index (κ3) is 3.80. The van der Waals surface area contributed by atoms with E-state index in [0.717, 1.165) is 0 Å². The van der Waals surface area contributed by atoms with Crippen molar-refractivity contribution < 1.29 is 17.9 Å². The van der Waals surface area contributed by atoms with E-state index in [9.17, 15) is 13.2 Å². The molecule has 1 aromatic carbocycles. The van der Waals surface area contributed by atoms with Crippen LogP contribution < -0.4 is 10.5 Å². The van der Waals surface area contributed by atoms with Crippen molar-refractivity contribution in [3.8, 4) is 0 Å². The predicted molar refractivity (Wildman–Crippen MR) is 66.6 cm³/mol. The van der Waals surface area contributed by atoms with Gasteiger partial charge in [-0.15, -0.1) is 0 Å². The van der Waals surface area contributed by atoms with E-state index in [1.54, 1.807) is 6.92 Å². The van der Waals surface area contributed by atoms with Crippen LogP contribution in [0.1, 0.15) is 17.3 Å². The highest BCUT2D eigenvalue weighted by atomic mass is 32.2. The lowest BCUT2D eigenvalue weighted by molar-refractivity contribution is 0.1000. The van der Waals surface area contributed by atoms with Gasteiger partial charge in [-0.05, 0) is 31.2 Å². The Hall–Kier alpha value is -1.44. The first-order valence-corrected chi connectivity index (χ1v) is 6.76. The number of rotatable bonds is 6. The number of nitrogens with two attached hydrogens (primary N) is 1. The Morgan fingerprint density at radius 2 is 1.94 bits per heavy atom. The lowest BCUT2D eigenvalue weighted by Crippen LogP contribution is -2.35. The van der Waals surface area contributed by atoms with Crippen LogP contribution in [0, 0.1) is 0 Å². The highest BCUT2D eigenvalue weighted by Gasteiger charge is 2.17. The summed E-state index contributed by atoms with van der Waals surface area (Å²) < 4.78 is 31.1. The molecule has 0 aliphatic carbocycles. The second-order valence-corrected chi connectivity index (χ2v) is 5.58. The van der Waals surface area contributed by atoms with Crippen LogP contribution in [0.4, 0.5) is 0 Å². The van der Waals surface area contributed by atoms with E-state index in [-0.39, 0.29) is 23.1 Å². The van der Waals surface area contributed by atoms with E-state index < -0.39 is 15.9 Å². The lowest BCUT2D eigenvalue weighted by atomic mass is 10.2. The Morgan fingerprint density at radius 1 is 1.39 bits per heavy atom. The Morgan fingerprint density at radius 3 is 2.39 bits per heavy atom. The molecule has 1 amide bonds. The highest BCUT2D eigenvalue weighted by Crippen LogP contribution is 2.10. The molecule has 0 heterocycles. The number of primary amides is 1. The molecule has 0 saturated carbocycles. The fourth-order valence-electron chi connectivity index (χ4n) is 1.42. The van der Waals surface area contributed by atoms with Gasteiger partial charge < -0.3 is 10.5 Å². The van der Waals surface area contributed by atoms with Gasteiger partial charge in [0.15, 0.2) is 0 Å². The predicted octanol–water partition coefficient (Wildman–Crippen LogP) is 0.0987. The van der Waals surface area contributed by atoms with E-state index in [0.29, 0.717) is 0 Å². The maximum atomic E-state index is 11.9. The molecule has 0 fully saturated rings. The molecular formula is C11H16N2O4S. The number of nitrogens with one attached hydrogen (secondary N) is 1. The van der Waals surface area contributed by atoms with Crippen molar-refractivity contribution >= 4 is 15.9 Å². The van der Waals surface area contributed by atoms with Gasteiger partial charge in [0.05, 0.1) is 11.5 Å². The molecule has 1 atom stereocenters. The molecule has 0 aliphatic heterocycles. The van der Waals surface area contributed by atoms with Crippen LogP contribution in [-0.2, 0) is 14.8 Å². The molecule has 1 rings (SSSR count). The summed E-state index contributed by atoms with van der Waals surface area (Å²) in [6.07, 6.45) is 0. The van der Waals surface area contributed by atoms with Crippen LogP contribution in [0.25, 0.3) is 0 Å². The van der Waals surface area contributed by atoms with Gasteiger partial charge in [-0.25, -0.2) is 13.1 Å². The van der Waals surface area contributed by atoms with Crippen LogP contribution >= 0.6 is 0 Å². The molecule has 0 aliphatic rings. The Bertz CT molecular complexity index is 510. The second kappa shape index (κ2) is 5.94. The monoisotopic (exact) mass is 272 g/mol. The molecule has 0 saturated heterocycles. The maximum absolute atomic E-state index is 11.9. The first-order chi connectivity index (χ1) is 8.36. The molecule has 7 heteroatoms. The Balaban J connectivity index is 2.88.